The van der Waals surface area contributed by atoms with Crippen molar-refractivity contribution in [3.05, 3.63) is 22.9 Å². The van der Waals surface area contributed by atoms with Gasteiger partial charge in [0, 0.05) is 18.8 Å². The first kappa shape index (κ1) is 12.5. The molecule has 1 aromatic rings. The lowest BCUT2D eigenvalue weighted by molar-refractivity contribution is 0.663. The Bertz CT molecular complexity index is 493. The molecule has 3 rings (SSSR count). The summed E-state index contributed by atoms with van der Waals surface area (Å²) in [5, 5.41) is 9.40. The summed E-state index contributed by atoms with van der Waals surface area (Å²) in [5.41, 5.74) is 3.33. The standard InChI is InChI=1S/C16H21N3/c17-12-14-11-13-7-3-4-8-15(13)18-16(14)19-9-5-1-2-6-10-19/h11H,1-10H2. The number of nitriles is 1. The second-order valence-electron chi connectivity index (χ2n) is 5.69. The summed E-state index contributed by atoms with van der Waals surface area (Å²) in [6.07, 6.45) is 9.73. The average Bonchev–Trinajstić information content (AvgIpc) is 2.74. The van der Waals surface area contributed by atoms with Crippen molar-refractivity contribution >= 4 is 5.82 Å². The highest BCUT2D eigenvalue weighted by Gasteiger charge is 2.19. The maximum atomic E-state index is 9.40. The molecule has 0 radical (unpaired) electrons. The molecule has 0 amide bonds. The molecule has 3 nitrogen and oxygen atoms in total. The molecule has 0 spiro atoms. The van der Waals surface area contributed by atoms with E-state index in [0.717, 1.165) is 37.3 Å². The van der Waals surface area contributed by atoms with Gasteiger partial charge in [-0.15, -0.1) is 0 Å². The summed E-state index contributed by atoms with van der Waals surface area (Å²) < 4.78 is 0. The first-order valence-corrected chi connectivity index (χ1v) is 7.56. The van der Waals surface area contributed by atoms with Crippen LogP contribution in [0.15, 0.2) is 6.07 Å². The Morgan fingerprint density at radius 2 is 1.74 bits per heavy atom. The van der Waals surface area contributed by atoms with Gasteiger partial charge >= 0.3 is 0 Å². The van der Waals surface area contributed by atoms with Crippen molar-refractivity contribution in [1.82, 2.24) is 4.98 Å². The van der Waals surface area contributed by atoms with Crippen LogP contribution in [0.25, 0.3) is 0 Å². The predicted octanol–water partition coefficient (Wildman–Crippen LogP) is 3.21. The highest BCUT2D eigenvalue weighted by molar-refractivity contribution is 5.56. The average molecular weight is 255 g/mol. The van der Waals surface area contributed by atoms with Crippen LogP contribution in [-0.2, 0) is 12.8 Å². The maximum Gasteiger partial charge on any atom is 0.146 e. The highest BCUT2D eigenvalue weighted by Crippen LogP contribution is 2.27. The van der Waals surface area contributed by atoms with Gasteiger partial charge in [-0.25, -0.2) is 4.98 Å². The van der Waals surface area contributed by atoms with E-state index in [0.29, 0.717) is 0 Å². The Kier molecular flexibility index (Phi) is 3.68. The molecule has 2 heterocycles. The van der Waals surface area contributed by atoms with Crippen molar-refractivity contribution in [2.45, 2.75) is 51.4 Å². The van der Waals surface area contributed by atoms with E-state index in [1.54, 1.807) is 0 Å². The van der Waals surface area contributed by atoms with Crippen LogP contribution in [-0.4, -0.2) is 18.1 Å². The fourth-order valence-corrected chi connectivity index (χ4v) is 3.23. The number of rotatable bonds is 1. The third-order valence-electron chi connectivity index (χ3n) is 4.31. The Labute approximate surface area is 115 Å². The van der Waals surface area contributed by atoms with Gasteiger partial charge in [0.1, 0.15) is 11.9 Å². The maximum absolute atomic E-state index is 9.40. The van der Waals surface area contributed by atoms with Gasteiger partial charge in [0.05, 0.1) is 5.56 Å². The Hall–Kier alpha value is -1.56. The van der Waals surface area contributed by atoms with Crippen molar-refractivity contribution in [3.63, 3.8) is 0 Å². The lowest BCUT2D eigenvalue weighted by Gasteiger charge is -2.25. The molecule has 1 saturated heterocycles. The van der Waals surface area contributed by atoms with Crippen molar-refractivity contribution in [2.24, 2.45) is 0 Å². The van der Waals surface area contributed by atoms with Gasteiger partial charge in [0.2, 0.25) is 0 Å². The summed E-state index contributed by atoms with van der Waals surface area (Å²) in [7, 11) is 0. The van der Waals surface area contributed by atoms with Crippen LogP contribution in [0, 0.1) is 11.3 Å². The van der Waals surface area contributed by atoms with Crippen molar-refractivity contribution in [2.75, 3.05) is 18.0 Å². The van der Waals surface area contributed by atoms with E-state index in [2.05, 4.69) is 17.0 Å². The van der Waals surface area contributed by atoms with Gasteiger partial charge in [0.25, 0.3) is 0 Å². The first-order valence-electron chi connectivity index (χ1n) is 7.56. The predicted molar refractivity (Wildman–Crippen MR) is 76.3 cm³/mol. The summed E-state index contributed by atoms with van der Waals surface area (Å²) in [6.45, 7) is 2.11. The number of aromatic nitrogens is 1. The zero-order chi connectivity index (χ0) is 13.1. The highest BCUT2D eigenvalue weighted by atomic mass is 15.2. The van der Waals surface area contributed by atoms with Crippen LogP contribution in [0.2, 0.25) is 0 Å². The second-order valence-corrected chi connectivity index (χ2v) is 5.69. The van der Waals surface area contributed by atoms with Crippen LogP contribution in [0.4, 0.5) is 5.82 Å². The van der Waals surface area contributed by atoms with Crippen molar-refractivity contribution < 1.29 is 0 Å². The number of hydrogen-bond donors (Lipinski definition) is 0. The molecule has 2 aliphatic rings. The fourth-order valence-electron chi connectivity index (χ4n) is 3.23. The molecule has 100 valence electrons. The van der Waals surface area contributed by atoms with Crippen LogP contribution >= 0.6 is 0 Å². The Morgan fingerprint density at radius 1 is 1.00 bits per heavy atom. The lowest BCUT2D eigenvalue weighted by Crippen LogP contribution is -2.26. The summed E-state index contributed by atoms with van der Waals surface area (Å²) >= 11 is 0. The van der Waals surface area contributed by atoms with E-state index in [1.165, 1.54) is 49.8 Å². The molecule has 1 aliphatic heterocycles. The number of pyridine rings is 1. The quantitative estimate of drug-likeness (QED) is 0.773. The van der Waals surface area contributed by atoms with E-state index < -0.39 is 0 Å². The minimum absolute atomic E-state index is 0.780. The molecule has 3 heteroatoms. The van der Waals surface area contributed by atoms with Gasteiger partial charge in [-0.2, -0.15) is 5.26 Å². The smallest absolute Gasteiger partial charge is 0.146 e. The van der Waals surface area contributed by atoms with Gasteiger partial charge in [0.15, 0.2) is 0 Å². The minimum atomic E-state index is 0.780. The number of hydrogen-bond acceptors (Lipinski definition) is 3. The van der Waals surface area contributed by atoms with Gasteiger partial charge in [-0.3, -0.25) is 0 Å². The molecule has 0 saturated carbocycles. The van der Waals surface area contributed by atoms with E-state index in [9.17, 15) is 5.26 Å². The molecule has 0 aromatic carbocycles. The molecule has 0 bridgehead atoms. The zero-order valence-corrected chi connectivity index (χ0v) is 11.5. The fraction of sp³-hybridized carbons (Fsp3) is 0.625. The number of aryl methyl sites for hydroxylation is 2. The molecule has 0 atom stereocenters. The van der Waals surface area contributed by atoms with Crippen molar-refractivity contribution in [3.8, 4) is 6.07 Å². The third-order valence-corrected chi connectivity index (χ3v) is 4.31. The first-order chi connectivity index (χ1) is 9.38. The normalized spacial score (nSPS) is 19.4. The summed E-state index contributed by atoms with van der Waals surface area (Å²) in [5.74, 6) is 0.949. The molecule has 1 fully saturated rings. The molecule has 1 aliphatic carbocycles. The molecular formula is C16H21N3. The molecule has 19 heavy (non-hydrogen) atoms. The van der Waals surface area contributed by atoms with Crippen LogP contribution in [0.5, 0.6) is 0 Å². The monoisotopic (exact) mass is 255 g/mol. The van der Waals surface area contributed by atoms with Crippen molar-refractivity contribution in [1.29, 1.82) is 5.26 Å². The number of nitrogens with zero attached hydrogens (tertiary/aromatic N) is 3. The van der Waals surface area contributed by atoms with E-state index in [4.69, 9.17) is 4.98 Å². The topological polar surface area (TPSA) is 39.9 Å². The minimum Gasteiger partial charge on any atom is -0.356 e. The Morgan fingerprint density at radius 3 is 2.47 bits per heavy atom. The van der Waals surface area contributed by atoms with E-state index in [-0.39, 0.29) is 0 Å². The molecule has 1 aromatic heterocycles. The third kappa shape index (κ3) is 2.58. The lowest BCUT2D eigenvalue weighted by atomic mass is 9.95. The van der Waals surface area contributed by atoms with E-state index in [1.807, 2.05) is 0 Å². The molecule has 0 unspecified atom stereocenters. The van der Waals surface area contributed by atoms with Crippen LogP contribution in [0.3, 0.4) is 0 Å². The van der Waals surface area contributed by atoms with E-state index >= 15 is 0 Å². The number of fused-ring (bicyclic) bond motifs is 1. The largest absolute Gasteiger partial charge is 0.356 e. The summed E-state index contributed by atoms with van der Waals surface area (Å²) in [4.78, 5) is 7.19. The summed E-state index contributed by atoms with van der Waals surface area (Å²) in [6, 6.07) is 4.46. The van der Waals surface area contributed by atoms with Gasteiger partial charge in [-0.05, 0) is 50.2 Å². The van der Waals surface area contributed by atoms with Crippen LogP contribution < -0.4 is 4.90 Å². The second kappa shape index (κ2) is 5.61. The molecule has 0 N–H and O–H groups in total. The number of anilines is 1. The zero-order valence-electron chi connectivity index (χ0n) is 11.5. The Balaban J connectivity index is 1.96. The SMILES string of the molecule is N#Cc1cc2c(nc1N1CCCCCC1)CCCC2. The van der Waals surface area contributed by atoms with Gasteiger partial charge in [-0.1, -0.05) is 12.8 Å². The van der Waals surface area contributed by atoms with Crippen LogP contribution in [0.1, 0.15) is 55.3 Å². The van der Waals surface area contributed by atoms with Gasteiger partial charge < -0.3 is 4.90 Å². The molecular weight excluding hydrogens is 234 g/mol.